The Morgan fingerprint density at radius 1 is 0.596 bits per heavy atom. The number of rotatable bonds is 20. The maximum absolute atomic E-state index is 9.52. The molecule has 47 heavy (non-hydrogen) atoms. The molecule has 19 heteroatoms. The first-order chi connectivity index (χ1) is 22.9. The van der Waals surface area contributed by atoms with E-state index < -0.39 is 12.1 Å². The largest absolute Gasteiger partial charge is 0.399 e. The van der Waals surface area contributed by atoms with Crippen LogP contribution in [0.1, 0.15) is 0 Å². The summed E-state index contributed by atoms with van der Waals surface area (Å²) in [6, 6.07) is 12.8. The molecule has 0 aliphatic rings. The lowest BCUT2D eigenvalue weighted by Gasteiger charge is -2.16. The zero-order valence-corrected chi connectivity index (χ0v) is 25.5. The molecule has 0 spiro atoms. The number of hydrogen-bond acceptors (Lipinski definition) is 19. The first-order valence-electron chi connectivity index (χ1n) is 14.7. The fourth-order valence-electron chi connectivity index (χ4n) is 3.85. The Kier molecular flexibility index (Phi) is 13.3. The van der Waals surface area contributed by atoms with Gasteiger partial charge in [-0.1, -0.05) is 6.07 Å². The van der Waals surface area contributed by atoms with Crippen LogP contribution in [0.5, 0.6) is 0 Å². The Bertz CT molecular complexity index is 1530. The maximum atomic E-state index is 9.52. The van der Waals surface area contributed by atoms with Crippen LogP contribution in [0.4, 0.5) is 58.4 Å². The molecular formula is C28H40N14O5. The molecule has 0 aliphatic carbocycles. The number of nitrogen functional groups attached to an aromatic ring is 1. The van der Waals surface area contributed by atoms with Crippen LogP contribution in [0.2, 0.25) is 0 Å². The van der Waals surface area contributed by atoms with Gasteiger partial charge >= 0.3 is 0 Å². The molecule has 0 atom stereocenters. The van der Waals surface area contributed by atoms with E-state index >= 15 is 0 Å². The summed E-state index contributed by atoms with van der Waals surface area (Å²) in [7, 11) is 0. The molecule has 2 aromatic carbocycles. The Morgan fingerprint density at radius 3 is 1.55 bits per heavy atom. The maximum Gasteiger partial charge on any atom is 0.233 e. The molecule has 0 aliphatic heterocycles. The van der Waals surface area contributed by atoms with Crippen LogP contribution >= 0.6 is 0 Å². The standard InChI is InChI=1S/C28H40N14O5/c29-8-10-47-11-9-31-23-37-24(39-27(38-23)35-21(13-43)14-44)32-18-4-6-19(7-5-18)33-25-40-26(34-20-3-1-2-17(30)12-20)42-28(41-25)36-22(15-45)16-46/h1-7,12,21-22,43-46H,8-11,13-16,29-30H2,(H3,31,32,35,37,38,39)(H3,33,34,36,40,41,42). The molecule has 4 rings (SSSR count). The van der Waals surface area contributed by atoms with Crippen LogP contribution < -0.4 is 43.4 Å². The average molecular weight is 653 g/mol. The number of hydrogen-bond donors (Lipinski definition) is 12. The van der Waals surface area contributed by atoms with Crippen LogP contribution in [0, 0.1) is 0 Å². The van der Waals surface area contributed by atoms with Gasteiger partial charge in [-0.3, -0.25) is 0 Å². The summed E-state index contributed by atoms with van der Waals surface area (Å²) in [5.41, 5.74) is 13.8. The molecule has 0 radical (unpaired) electrons. The SMILES string of the molecule is NCCOCCNc1nc(Nc2ccc(Nc3nc(Nc4cccc(N)c4)nc(NC(CO)CO)n3)cc2)nc(NC(CO)CO)n1. The van der Waals surface area contributed by atoms with Gasteiger partial charge in [0, 0.05) is 35.8 Å². The Balaban J connectivity index is 1.50. The van der Waals surface area contributed by atoms with E-state index in [9.17, 15) is 20.4 Å². The van der Waals surface area contributed by atoms with Gasteiger partial charge in [0.1, 0.15) is 0 Å². The molecule has 2 heterocycles. The second-order valence-electron chi connectivity index (χ2n) is 9.93. The van der Waals surface area contributed by atoms with E-state index in [0.717, 1.165) is 0 Å². The van der Waals surface area contributed by atoms with Gasteiger partial charge in [-0.25, -0.2) is 0 Å². The fraction of sp³-hybridized carbons (Fsp3) is 0.357. The van der Waals surface area contributed by atoms with E-state index in [1.807, 2.05) is 0 Å². The molecule has 252 valence electrons. The molecule has 0 saturated heterocycles. The highest BCUT2D eigenvalue weighted by Gasteiger charge is 2.14. The zero-order chi connectivity index (χ0) is 33.4. The van der Waals surface area contributed by atoms with Crippen molar-refractivity contribution < 1.29 is 25.2 Å². The topological polar surface area (TPSA) is 292 Å². The highest BCUT2D eigenvalue weighted by atomic mass is 16.5. The summed E-state index contributed by atoms with van der Waals surface area (Å²) in [6.07, 6.45) is 0. The normalized spacial score (nSPS) is 11.0. The smallest absolute Gasteiger partial charge is 0.233 e. The second kappa shape index (κ2) is 18.1. The fourth-order valence-corrected chi connectivity index (χ4v) is 3.85. The van der Waals surface area contributed by atoms with Crippen molar-refractivity contribution in [3.8, 4) is 0 Å². The van der Waals surface area contributed by atoms with Gasteiger partial charge in [0.2, 0.25) is 35.7 Å². The van der Waals surface area contributed by atoms with Crippen molar-refractivity contribution >= 4 is 58.4 Å². The summed E-state index contributed by atoms with van der Waals surface area (Å²) < 4.78 is 5.38. The average Bonchev–Trinajstić information content (AvgIpc) is 3.07. The molecule has 2 aromatic heterocycles. The number of nitrogens with two attached hydrogens (primary N) is 2. The minimum atomic E-state index is -0.680. The van der Waals surface area contributed by atoms with E-state index in [2.05, 4.69) is 61.8 Å². The van der Waals surface area contributed by atoms with Crippen LogP contribution in [0.25, 0.3) is 0 Å². The number of benzene rings is 2. The number of aliphatic hydroxyl groups is 4. The Hall–Kier alpha value is -5.18. The summed E-state index contributed by atoms with van der Waals surface area (Å²) in [5.74, 6) is 1.11. The number of nitrogens with zero attached hydrogens (tertiary/aromatic N) is 6. The third-order valence-corrected chi connectivity index (χ3v) is 6.15. The quantitative estimate of drug-likeness (QED) is 0.0434. The van der Waals surface area contributed by atoms with Gasteiger partial charge in [0.25, 0.3) is 0 Å². The minimum Gasteiger partial charge on any atom is -0.399 e. The second-order valence-corrected chi connectivity index (χ2v) is 9.93. The summed E-state index contributed by atoms with van der Waals surface area (Å²) in [5, 5.41) is 56.1. The molecular weight excluding hydrogens is 612 g/mol. The molecule has 0 fully saturated rings. The van der Waals surface area contributed by atoms with E-state index in [4.69, 9.17) is 16.2 Å². The highest BCUT2D eigenvalue weighted by Crippen LogP contribution is 2.23. The van der Waals surface area contributed by atoms with Crippen molar-refractivity contribution in [1.82, 2.24) is 29.9 Å². The predicted molar refractivity (Wildman–Crippen MR) is 178 cm³/mol. The summed E-state index contributed by atoms with van der Waals surface area (Å²) >= 11 is 0. The number of ether oxygens (including phenoxy) is 1. The molecule has 19 nitrogen and oxygen atoms in total. The molecule has 0 saturated carbocycles. The van der Waals surface area contributed by atoms with Crippen molar-refractivity contribution in [2.45, 2.75) is 12.1 Å². The molecule has 4 aromatic rings. The van der Waals surface area contributed by atoms with Crippen LogP contribution in [0.3, 0.4) is 0 Å². The molecule has 0 bridgehead atoms. The van der Waals surface area contributed by atoms with Crippen molar-refractivity contribution in [3.05, 3.63) is 48.5 Å². The number of anilines is 10. The molecule has 0 amide bonds. The molecule has 0 unspecified atom stereocenters. The van der Waals surface area contributed by atoms with E-state index in [1.165, 1.54) is 0 Å². The molecule has 14 N–H and O–H groups in total. The van der Waals surface area contributed by atoms with Crippen LogP contribution in [-0.4, -0.2) is 115 Å². The highest BCUT2D eigenvalue weighted by molar-refractivity contribution is 5.64. The lowest BCUT2D eigenvalue weighted by atomic mass is 10.3. The van der Waals surface area contributed by atoms with Gasteiger partial charge in [-0.05, 0) is 42.5 Å². The van der Waals surface area contributed by atoms with Crippen molar-refractivity contribution in [1.29, 1.82) is 0 Å². The van der Waals surface area contributed by atoms with E-state index in [1.54, 1.807) is 48.5 Å². The lowest BCUT2D eigenvalue weighted by molar-refractivity contribution is 0.151. The van der Waals surface area contributed by atoms with Gasteiger partial charge in [-0.15, -0.1) is 0 Å². The zero-order valence-electron chi connectivity index (χ0n) is 25.5. The van der Waals surface area contributed by atoms with Crippen LogP contribution in [-0.2, 0) is 4.74 Å². The third kappa shape index (κ3) is 11.3. The van der Waals surface area contributed by atoms with Crippen molar-refractivity contribution in [3.63, 3.8) is 0 Å². The lowest BCUT2D eigenvalue weighted by Crippen LogP contribution is -2.29. The van der Waals surface area contributed by atoms with E-state index in [0.29, 0.717) is 49.1 Å². The van der Waals surface area contributed by atoms with E-state index in [-0.39, 0.29) is 62.1 Å². The number of aromatic nitrogens is 6. The van der Waals surface area contributed by atoms with Gasteiger partial charge < -0.3 is 68.5 Å². The summed E-state index contributed by atoms with van der Waals surface area (Å²) in [4.78, 5) is 26.2. The van der Waals surface area contributed by atoms with Gasteiger partial charge in [0.05, 0.1) is 51.7 Å². The first kappa shape index (κ1) is 34.7. The first-order valence-corrected chi connectivity index (χ1v) is 14.7. The van der Waals surface area contributed by atoms with Crippen LogP contribution in [0.15, 0.2) is 48.5 Å². The monoisotopic (exact) mass is 652 g/mol. The van der Waals surface area contributed by atoms with Crippen molar-refractivity contribution in [2.24, 2.45) is 5.73 Å². The number of nitrogens with one attached hydrogen (secondary N) is 6. The van der Waals surface area contributed by atoms with Gasteiger partial charge in [-0.2, -0.15) is 29.9 Å². The number of aliphatic hydroxyl groups excluding tert-OH is 4. The minimum absolute atomic E-state index is 0.125. The van der Waals surface area contributed by atoms with Crippen molar-refractivity contribution in [2.75, 3.05) is 90.4 Å². The predicted octanol–water partition coefficient (Wildman–Crippen LogP) is -0.213. The Morgan fingerprint density at radius 2 is 1.06 bits per heavy atom. The summed E-state index contributed by atoms with van der Waals surface area (Å²) in [6.45, 7) is 0.334. The van der Waals surface area contributed by atoms with Gasteiger partial charge in [0.15, 0.2) is 0 Å². The Labute approximate surface area is 270 Å². The third-order valence-electron chi connectivity index (χ3n) is 6.15.